The second-order valence-electron chi connectivity index (χ2n) is 7.08. The van der Waals surface area contributed by atoms with Crippen LogP contribution in [0.5, 0.6) is 0 Å². The van der Waals surface area contributed by atoms with Gasteiger partial charge in [-0.05, 0) is 49.6 Å². The lowest BCUT2D eigenvalue weighted by Gasteiger charge is -2.07. The zero-order chi connectivity index (χ0) is 19.5. The summed E-state index contributed by atoms with van der Waals surface area (Å²) in [6, 6.07) is 16.1. The van der Waals surface area contributed by atoms with E-state index in [1.54, 1.807) is 12.4 Å². The Morgan fingerprint density at radius 3 is 2.89 bits per heavy atom. The zero-order valence-electron chi connectivity index (χ0n) is 16.1. The Bertz CT molecular complexity index is 1120. The number of nitrogens with zero attached hydrogens (tertiary/aromatic N) is 3. The van der Waals surface area contributed by atoms with Gasteiger partial charge in [0.25, 0.3) is 5.91 Å². The van der Waals surface area contributed by atoms with E-state index in [2.05, 4.69) is 52.5 Å². The fraction of sp³-hybridized carbons (Fsp3) is 0.227. The fourth-order valence-corrected chi connectivity index (χ4v) is 3.35. The summed E-state index contributed by atoms with van der Waals surface area (Å²) in [5, 5.41) is 10.1. The van der Waals surface area contributed by atoms with Gasteiger partial charge in [-0.15, -0.1) is 0 Å². The molecule has 0 radical (unpaired) electrons. The summed E-state index contributed by atoms with van der Waals surface area (Å²) in [6.45, 7) is 5.34. The number of nitrogens with one attached hydrogen (secondary N) is 2. The smallest absolute Gasteiger partial charge is 0.271 e. The molecule has 4 aromatic rings. The number of aromatic nitrogens is 4. The minimum Gasteiger partial charge on any atom is -0.350 e. The van der Waals surface area contributed by atoms with Gasteiger partial charge in [-0.25, -0.2) is 4.98 Å². The van der Waals surface area contributed by atoms with E-state index in [9.17, 15) is 4.79 Å². The lowest BCUT2D eigenvalue weighted by molar-refractivity contribution is 0.0949. The van der Waals surface area contributed by atoms with Crippen LogP contribution in [0.4, 0.5) is 0 Å². The Morgan fingerprint density at radius 2 is 2.00 bits per heavy atom. The van der Waals surface area contributed by atoms with Crippen LogP contribution < -0.4 is 5.32 Å². The maximum atomic E-state index is 12.4. The molecule has 6 nitrogen and oxygen atoms in total. The van der Waals surface area contributed by atoms with Crippen LogP contribution in [0.15, 0.2) is 54.9 Å². The summed E-state index contributed by atoms with van der Waals surface area (Å²) >= 11 is 0. The van der Waals surface area contributed by atoms with Gasteiger partial charge in [-0.1, -0.05) is 35.9 Å². The maximum Gasteiger partial charge on any atom is 0.271 e. The number of H-pyrrole nitrogens is 1. The molecule has 2 N–H and O–H groups in total. The van der Waals surface area contributed by atoms with Gasteiger partial charge in [0, 0.05) is 6.54 Å². The minimum absolute atomic E-state index is 0.164. The topological polar surface area (TPSA) is 75.6 Å². The Hall–Kier alpha value is -3.41. The maximum absolute atomic E-state index is 12.4. The van der Waals surface area contributed by atoms with Crippen molar-refractivity contribution in [2.24, 2.45) is 0 Å². The number of para-hydroxylation sites is 2. The quantitative estimate of drug-likeness (QED) is 0.544. The third-order valence-electron chi connectivity index (χ3n) is 4.92. The first-order valence-electron chi connectivity index (χ1n) is 9.38. The molecule has 142 valence electrons. The molecule has 0 atom stereocenters. The lowest BCUT2D eigenvalue weighted by atomic mass is 10.0. The molecule has 6 heteroatoms. The molecule has 0 aliphatic carbocycles. The number of amides is 1. The van der Waals surface area contributed by atoms with Crippen LogP contribution in [0, 0.1) is 13.8 Å². The van der Waals surface area contributed by atoms with Crippen molar-refractivity contribution in [2.45, 2.75) is 26.8 Å². The van der Waals surface area contributed by atoms with E-state index >= 15 is 0 Å². The van der Waals surface area contributed by atoms with E-state index < -0.39 is 0 Å². The van der Waals surface area contributed by atoms with E-state index in [1.807, 2.05) is 28.8 Å². The molecule has 1 amide bonds. The SMILES string of the molecule is Cc1ccc(C)c(CCNC(=O)c2cc(Cn3cnc4ccccc43)[nH]n2)c1. The summed E-state index contributed by atoms with van der Waals surface area (Å²) in [4.78, 5) is 16.8. The largest absolute Gasteiger partial charge is 0.350 e. The highest BCUT2D eigenvalue weighted by atomic mass is 16.1. The molecular weight excluding hydrogens is 350 g/mol. The number of fused-ring (bicyclic) bond motifs is 1. The number of benzene rings is 2. The Labute approximate surface area is 163 Å². The summed E-state index contributed by atoms with van der Waals surface area (Å²) in [5.74, 6) is -0.164. The predicted octanol–water partition coefficient (Wildman–Crippen LogP) is 3.40. The second kappa shape index (κ2) is 7.68. The first-order chi connectivity index (χ1) is 13.6. The van der Waals surface area contributed by atoms with E-state index in [1.165, 1.54) is 16.7 Å². The Morgan fingerprint density at radius 1 is 1.14 bits per heavy atom. The number of aryl methyl sites for hydroxylation is 2. The molecule has 0 spiro atoms. The number of carbonyl (C=O) groups is 1. The van der Waals surface area contributed by atoms with Crippen LogP contribution in [0.2, 0.25) is 0 Å². The van der Waals surface area contributed by atoms with E-state index in [0.717, 1.165) is 23.1 Å². The Balaban J connectivity index is 1.37. The number of rotatable bonds is 6. The molecule has 2 aromatic carbocycles. The van der Waals surface area contributed by atoms with Gasteiger partial charge in [-0.3, -0.25) is 9.89 Å². The van der Waals surface area contributed by atoms with Crippen LogP contribution in [0.1, 0.15) is 32.9 Å². The predicted molar refractivity (Wildman–Crippen MR) is 109 cm³/mol. The van der Waals surface area contributed by atoms with Crippen molar-refractivity contribution in [1.29, 1.82) is 0 Å². The molecule has 0 saturated heterocycles. The molecule has 4 rings (SSSR count). The standard InChI is InChI=1S/C22H23N5O/c1-15-7-8-16(2)17(11-15)9-10-23-22(28)20-12-18(25-26-20)13-27-14-24-19-5-3-4-6-21(19)27/h3-8,11-12,14H,9-10,13H2,1-2H3,(H,23,28)(H,25,26). The number of aromatic amines is 1. The molecule has 2 heterocycles. The summed E-state index contributed by atoms with van der Waals surface area (Å²) < 4.78 is 2.03. The number of imidazole rings is 1. The molecule has 0 bridgehead atoms. The molecule has 2 aromatic heterocycles. The van der Waals surface area contributed by atoms with Crippen molar-refractivity contribution >= 4 is 16.9 Å². The number of hydrogen-bond acceptors (Lipinski definition) is 3. The molecule has 0 aliphatic rings. The Kier molecular flexibility index (Phi) is 4.93. The van der Waals surface area contributed by atoms with Gasteiger partial charge in [0.2, 0.25) is 0 Å². The van der Waals surface area contributed by atoms with Gasteiger partial charge < -0.3 is 9.88 Å². The van der Waals surface area contributed by atoms with Crippen molar-refractivity contribution in [3.05, 3.63) is 82.9 Å². The third-order valence-corrected chi connectivity index (χ3v) is 4.92. The summed E-state index contributed by atoms with van der Waals surface area (Å²) in [5.41, 5.74) is 7.01. The fourth-order valence-electron chi connectivity index (χ4n) is 3.35. The minimum atomic E-state index is -0.164. The zero-order valence-corrected chi connectivity index (χ0v) is 16.1. The first-order valence-corrected chi connectivity index (χ1v) is 9.38. The van der Waals surface area contributed by atoms with Crippen molar-refractivity contribution in [1.82, 2.24) is 25.1 Å². The normalized spacial score (nSPS) is 11.1. The molecule has 0 aliphatic heterocycles. The van der Waals surface area contributed by atoms with Gasteiger partial charge in [0.05, 0.1) is 29.6 Å². The van der Waals surface area contributed by atoms with Crippen LogP contribution in [-0.4, -0.2) is 32.2 Å². The highest BCUT2D eigenvalue weighted by molar-refractivity contribution is 5.92. The van der Waals surface area contributed by atoms with Gasteiger partial charge in [0.1, 0.15) is 5.69 Å². The number of hydrogen-bond donors (Lipinski definition) is 2. The van der Waals surface area contributed by atoms with Crippen molar-refractivity contribution < 1.29 is 4.79 Å². The highest BCUT2D eigenvalue weighted by Gasteiger charge is 2.11. The molecule has 28 heavy (non-hydrogen) atoms. The average molecular weight is 373 g/mol. The lowest BCUT2D eigenvalue weighted by Crippen LogP contribution is -2.26. The van der Waals surface area contributed by atoms with Gasteiger partial charge in [0.15, 0.2) is 0 Å². The number of carbonyl (C=O) groups excluding carboxylic acids is 1. The molecular formula is C22H23N5O. The van der Waals surface area contributed by atoms with E-state index in [0.29, 0.717) is 18.8 Å². The van der Waals surface area contributed by atoms with Crippen LogP contribution in [0.25, 0.3) is 11.0 Å². The molecule has 0 unspecified atom stereocenters. The van der Waals surface area contributed by atoms with Crippen molar-refractivity contribution in [2.75, 3.05) is 6.54 Å². The van der Waals surface area contributed by atoms with Crippen molar-refractivity contribution in [3.63, 3.8) is 0 Å². The monoisotopic (exact) mass is 373 g/mol. The first kappa shape index (κ1) is 18.0. The van der Waals surface area contributed by atoms with Crippen LogP contribution in [-0.2, 0) is 13.0 Å². The van der Waals surface area contributed by atoms with Gasteiger partial charge in [-0.2, -0.15) is 5.10 Å². The van der Waals surface area contributed by atoms with Gasteiger partial charge >= 0.3 is 0 Å². The van der Waals surface area contributed by atoms with Crippen LogP contribution in [0.3, 0.4) is 0 Å². The molecule has 0 saturated carbocycles. The van der Waals surface area contributed by atoms with E-state index in [-0.39, 0.29) is 5.91 Å². The average Bonchev–Trinajstić information content (AvgIpc) is 3.32. The third kappa shape index (κ3) is 3.81. The second-order valence-corrected chi connectivity index (χ2v) is 7.08. The highest BCUT2D eigenvalue weighted by Crippen LogP contribution is 2.14. The van der Waals surface area contributed by atoms with Crippen LogP contribution >= 0.6 is 0 Å². The van der Waals surface area contributed by atoms with E-state index in [4.69, 9.17) is 0 Å². The molecule has 0 fully saturated rings. The summed E-state index contributed by atoms with van der Waals surface area (Å²) in [6.07, 6.45) is 2.60. The van der Waals surface area contributed by atoms with Crippen molar-refractivity contribution in [3.8, 4) is 0 Å². The summed E-state index contributed by atoms with van der Waals surface area (Å²) in [7, 11) is 0.